The Kier molecular flexibility index (Phi) is 5.55. The van der Waals surface area contributed by atoms with Crippen LogP contribution in [-0.4, -0.2) is 71.9 Å². The van der Waals surface area contributed by atoms with Crippen molar-refractivity contribution in [3.63, 3.8) is 0 Å². The molecule has 25 heavy (non-hydrogen) atoms. The second-order valence-electron chi connectivity index (χ2n) is 6.03. The van der Waals surface area contributed by atoms with Crippen LogP contribution in [0.15, 0.2) is 36.5 Å². The van der Waals surface area contributed by atoms with Crippen molar-refractivity contribution in [2.45, 2.75) is 0 Å². The van der Waals surface area contributed by atoms with Gasteiger partial charge in [-0.1, -0.05) is 0 Å². The fraction of sp³-hybridized carbons (Fsp3) is 0.444. The number of ether oxygens (including phenoxy) is 2. The molecule has 7 heteroatoms. The van der Waals surface area contributed by atoms with E-state index in [0.29, 0.717) is 12.3 Å². The molecule has 0 saturated carbocycles. The second kappa shape index (κ2) is 8.02. The summed E-state index contributed by atoms with van der Waals surface area (Å²) in [5.41, 5.74) is 0.513. The van der Waals surface area contributed by atoms with Crippen molar-refractivity contribution in [1.29, 1.82) is 0 Å². The smallest absolute Gasteiger partial charge is 0.274 e. The first-order valence-corrected chi connectivity index (χ1v) is 8.44. The Labute approximate surface area is 147 Å². The van der Waals surface area contributed by atoms with Crippen LogP contribution in [0.5, 0.6) is 11.5 Å². The second-order valence-corrected chi connectivity index (χ2v) is 6.03. The molecule has 0 N–H and O–H groups in total. The molecule has 0 spiro atoms. The van der Waals surface area contributed by atoms with E-state index in [9.17, 15) is 4.79 Å². The zero-order chi connectivity index (χ0) is 17.6. The minimum absolute atomic E-state index is 0.00901. The molecule has 0 radical (unpaired) electrons. The maximum absolute atomic E-state index is 12.4. The largest absolute Gasteiger partial charge is 0.497 e. The molecule has 1 aliphatic rings. The Bertz CT molecular complexity index is 691. The fourth-order valence-electron chi connectivity index (χ4n) is 2.83. The molecule has 1 aromatic heterocycles. The Morgan fingerprint density at radius 1 is 1.08 bits per heavy atom. The van der Waals surface area contributed by atoms with Crippen molar-refractivity contribution in [2.75, 3.05) is 46.4 Å². The maximum atomic E-state index is 12.4. The van der Waals surface area contributed by atoms with E-state index in [2.05, 4.69) is 10.00 Å². The molecular weight excluding hydrogens is 320 g/mol. The standard InChI is InChI=1S/C18H24N4O3/c1-20-8-7-17(19-20)18(23)22-11-9-21(10-12-22)13-14-25-16-5-3-15(24-2)4-6-16/h3-8H,9-14H2,1-2H3. The Hall–Kier alpha value is -2.54. The number of amides is 1. The van der Waals surface area contributed by atoms with Gasteiger partial charge in [-0.2, -0.15) is 5.10 Å². The minimum atomic E-state index is 0.00901. The molecule has 1 amide bonds. The van der Waals surface area contributed by atoms with Gasteiger partial charge in [0.25, 0.3) is 5.91 Å². The lowest BCUT2D eigenvalue weighted by Gasteiger charge is -2.34. The summed E-state index contributed by atoms with van der Waals surface area (Å²) in [5.74, 6) is 1.67. The third-order valence-corrected chi connectivity index (χ3v) is 4.33. The van der Waals surface area contributed by atoms with Gasteiger partial charge >= 0.3 is 0 Å². The number of carbonyl (C=O) groups excluding carboxylic acids is 1. The van der Waals surface area contributed by atoms with Crippen LogP contribution in [0.2, 0.25) is 0 Å². The molecule has 1 saturated heterocycles. The lowest BCUT2D eigenvalue weighted by atomic mass is 10.3. The number of rotatable bonds is 6. The molecule has 0 aliphatic carbocycles. The molecule has 0 unspecified atom stereocenters. The number of nitrogens with zero attached hydrogens (tertiary/aromatic N) is 4. The van der Waals surface area contributed by atoms with E-state index in [1.165, 1.54) is 0 Å². The molecule has 0 bridgehead atoms. The first-order valence-electron chi connectivity index (χ1n) is 8.44. The predicted molar refractivity (Wildman–Crippen MR) is 94.0 cm³/mol. The molecule has 7 nitrogen and oxygen atoms in total. The zero-order valence-corrected chi connectivity index (χ0v) is 14.7. The molecule has 1 aromatic carbocycles. The van der Waals surface area contributed by atoms with Crippen LogP contribution in [0.25, 0.3) is 0 Å². The van der Waals surface area contributed by atoms with Gasteiger partial charge < -0.3 is 14.4 Å². The van der Waals surface area contributed by atoms with Crippen molar-refractivity contribution >= 4 is 5.91 Å². The number of benzene rings is 1. The highest BCUT2D eigenvalue weighted by Crippen LogP contribution is 2.17. The number of methoxy groups -OCH3 is 1. The van der Waals surface area contributed by atoms with Gasteiger partial charge in [-0.3, -0.25) is 14.4 Å². The Morgan fingerprint density at radius 3 is 2.36 bits per heavy atom. The highest BCUT2D eigenvalue weighted by Gasteiger charge is 2.23. The van der Waals surface area contributed by atoms with Crippen LogP contribution in [0.1, 0.15) is 10.5 Å². The summed E-state index contributed by atoms with van der Waals surface area (Å²) in [6.45, 7) is 4.61. The molecule has 3 rings (SSSR count). The van der Waals surface area contributed by atoms with Gasteiger partial charge in [0, 0.05) is 46.0 Å². The van der Waals surface area contributed by atoms with Crippen LogP contribution >= 0.6 is 0 Å². The van der Waals surface area contributed by atoms with Crippen LogP contribution in [0.4, 0.5) is 0 Å². The maximum Gasteiger partial charge on any atom is 0.274 e. The van der Waals surface area contributed by atoms with Crippen LogP contribution in [-0.2, 0) is 7.05 Å². The first kappa shape index (κ1) is 17.3. The molecule has 1 aliphatic heterocycles. The van der Waals surface area contributed by atoms with Gasteiger partial charge in [-0.25, -0.2) is 0 Å². The van der Waals surface area contributed by atoms with E-state index < -0.39 is 0 Å². The summed E-state index contributed by atoms with van der Waals surface area (Å²) < 4.78 is 12.5. The molecular formula is C18H24N4O3. The summed E-state index contributed by atoms with van der Waals surface area (Å²) in [6, 6.07) is 9.34. The summed E-state index contributed by atoms with van der Waals surface area (Å²) in [7, 11) is 3.46. The van der Waals surface area contributed by atoms with Crippen molar-refractivity contribution < 1.29 is 14.3 Å². The SMILES string of the molecule is COc1ccc(OCCN2CCN(C(=O)c3ccn(C)n3)CC2)cc1. The average molecular weight is 344 g/mol. The number of piperazine rings is 1. The van der Waals surface area contributed by atoms with Gasteiger partial charge in [0.2, 0.25) is 0 Å². The highest BCUT2D eigenvalue weighted by molar-refractivity contribution is 5.92. The Morgan fingerprint density at radius 2 is 1.76 bits per heavy atom. The summed E-state index contributed by atoms with van der Waals surface area (Å²) in [5, 5.41) is 4.18. The number of carbonyl (C=O) groups is 1. The first-order chi connectivity index (χ1) is 12.2. The highest BCUT2D eigenvalue weighted by atomic mass is 16.5. The third-order valence-electron chi connectivity index (χ3n) is 4.33. The Balaban J connectivity index is 1.39. The molecule has 134 valence electrons. The molecule has 1 fully saturated rings. The van der Waals surface area contributed by atoms with Crippen molar-refractivity contribution in [3.05, 3.63) is 42.2 Å². The monoisotopic (exact) mass is 344 g/mol. The summed E-state index contributed by atoms with van der Waals surface area (Å²) in [4.78, 5) is 16.5. The van der Waals surface area contributed by atoms with Crippen molar-refractivity contribution in [1.82, 2.24) is 19.6 Å². The fourth-order valence-corrected chi connectivity index (χ4v) is 2.83. The zero-order valence-electron chi connectivity index (χ0n) is 14.7. The van der Waals surface area contributed by atoms with Crippen molar-refractivity contribution in [3.8, 4) is 11.5 Å². The van der Waals surface area contributed by atoms with Gasteiger partial charge in [0.1, 0.15) is 23.8 Å². The van der Waals surface area contributed by atoms with E-state index in [1.54, 1.807) is 24.1 Å². The normalized spacial score (nSPS) is 15.2. The predicted octanol–water partition coefficient (Wildman–Crippen LogP) is 1.27. The number of aromatic nitrogens is 2. The summed E-state index contributed by atoms with van der Waals surface area (Å²) in [6.07, 6.45) is 1.79. The van der Waals surface area contributed by atoms with Crippen LogP contribution in [0, 0.1) is 0 Å². The molecule has 2 aromatic rings. The van der Waals surface area contributed by atoms with Crippen molar-refractivity contribution in [2.24, 2.45) is 7.05 Å². The lowest BCUT2D eigenvalue weighted by molar-refractivity contribution is 0.0614. The van der Waals surface area contributed by atoms with Gasteiger partial charge in [0.15, 0.2) is 0 Å². The number of hydrogen-bond donors (Lipinski definition) is 0. The van der Waals surface area contributed by atoms with Gasteiger partial charge in [0.05, 0.1) is 7.11 Å². The van der Waals surface area contributed by atoms with Gasteiger partial charge in [-0.05, 0) is 30.3 Å². The van der Waals surface area contributed by atoms with Crippen LogP contribution < -0.4 is 9.47 Å². The van der Waals surface area contributed by atoms with E-state index in [1.807, 2.05) is 36.2 Å². The number of aryl methyl sites for hydroxylation is 1. The van der Waals surface area contributed by atoms with E-state index in [-0.39, 0.29) is 5.91 Å². The van der Waals surface area contributed by atoms with E-state index >= 15 is 0 Å². The summed E-state index contributed by atoms with van der Waals surface area (Å²) >= 11 is 0. The average Bonchev–Trinajstić information content (AvgIpc) is 3.09. The topological polar surface area (TPSA) is 59.8 Å². The van der Waals surface area contributed by atoms with E-state index in [0.717, 1.165) is 44.2 Å². The molecule has 2 heterocycles. The van der Waals surface area contributed by atoms with E-state index in [4.69, 9.17) is 9.47 Å². The van der Waals surface area contributed by atoms with Gasteiger partial charge in [-0.15, -0.1) is 0 Å². The number of hydrogen-bond acceptors (Lipinski definition) is 5. The molecule has 0 atom stereocenters. The van der Waals surface area contributed by atoms with Crippen LogP contribution in [0.3, 0.4) is 0 Å². The minimum Gasteiger partial charge on any atom is -0.497 e. The third kappa shape index (κ3) is 4.51. The lowest BCUT2D eigenvalue weighted by Crippen LogP contribution is -2.49. The quantitative estimate of drug-likeness (QED) is 0.790.